The average molecular weight is 1320 g/mol. The van der Waals surface area contributed by atoms with Crippen molar-refractivity contribution in [3.8, 4) is 0 Å². The SMILES string of the molecule is CC(C)C.CC(C)C.CC(C)C.CC(C)C.CC(C)C.CC(C)C.CC(C)C.CC(C)CC(C=N)=NN.CC(C)Cc1cn[nH]n1.CC(C)Cc1cncs1.CC(C)Cc1cscn1.CC(C)Cc1ncn[nH]1.CC(C)Cc1ncn[nH]1.CC(C)Cn1cncn1. The number of hydrogen-bond donors (Lipinski definition) is 5. The van der Waals surface area contributed by atoms with Gasteiger partial charge < -0.3 is 11.3 Å². The molecule has 6 rings (SSSR count). The van der Waals surface area contributed by atoms with E-state index in [-0.39, 0.29) is 0 Å². The number of aromatic amines is 3. The molecule has 0 aromatic carbocycles. The Morgan fingerprint density at radius 3 is 1.10 bits per heavy atom. The van der Waals surface area contributed by atoms with Crippen LogP contribution in [0.25, 0.3) is 0 Å². The average Bonchev–Trinajstić information content (AvgIpc) is 4.50. The van der Waals surface area contributed by atoms with Gasteiger partial charge >= 0.3 is 0 Å². The van der Waals surface area contributed by atoms with Crippen LogP contribution in [0.4, 0.5) is 0 Å². The molecule has 0 saturated heterocycles. The molecule has 0 aliphatic carbocycles. The topological polar surface area (TPSA) is 243 Å². The Morgan fingerprint density at radius 1 is 0.473 bits per heavy atom. The minimum absolute atomic E-state index is 0.522. The van der Waals surface area contributed by atoms with Gasteiger partial charge in [0, 0.05) is 42.1 Å². The van der Waals surface area contributed by atoms with E-state index in [1.54, 1.807) is 41.5 Å². The molecule has 0 bridgehead atoms. The molecule has 0 spiro atoms. The maximum Gasteiger partial charge on any atom is 0.137 e. The van der Waals surface area contributed by atoms with Crippen LogP contribution in [0.1, 0.15) is 277 Å². The molecule has 0 aliphatic rings. The van der Waals surface area contributed by atoms with E-state index in [0.717, 1.165) is 109 Å². The first-order valence-corrected chi connectivity index (χ1v) is 35.7. The fraction of sp³-hybridized carbons (Fsp3) is 0.778. The maximum absolute atomic E-state index is 6.82. The third kappa shape index (κ3) is 123. The van der Waals surface area contributed by atoms with Crippen LogP contribution in [0.5, 0.6) is 0 Å². The molecule has 0 amide bonds. The summed E-state index contributed by atoms with van der Waals surface area (Å²) in [6.45, 7) is 76.7. The van der Waals surface area contributed by atoms with Crippen LogP contribution in [-0.4, -0.2) is 82.4 Å². The van der Waals surface area contributed by atoms with Gasteiger partial charge in [-0.2, -0.15) is 35.8 Å². The van der Waals surface area contributed by atoms with E-state index in [4.69, 9.17) is 11.3 Å². The number of hydrogen-bond acceptors (Lipinski definition) is 15. The zero-order valence-electron chi connectivity index (χ0n) is 65.6. The Kier molecular flexibility index (Phi) is 81.2. The van der Waals surface area contributed by atoms with Gasteiger partial charge in [-0.3, -0.25) is 19.9 Å². The maximum atomic E-state index is 6.82. The van der Waals surface area contributed by atoms with E-state index in [2.05, 4.69) is 319 Å². The van der Waals surface area contributed by atoms with Gasteiger partial charge in [0.25, 0.3) is 0 Å². The predicted octanol–water partition coefficient (Wildman–Crippen LogP) is 21.3. The van der Waals surface area contributed by atoms with Crippen molar-refractivity contribution >= 4 is 34.6 Å². The molecule has 0 aliphatic heterocycles. The summed E-state index contributed by atoms with van der Waals surface area (Å²) < 4.78 is 1.84. The third-order valence-corrected chi connectivity index (χ3v) is 8.81. The summed E-state index contributed by atoms with van der Waals surface area (Å²) >= 11 is 3.41. The summed E-state index contributed by atoms with van der Waals surface area (Å²) in [5, 5.41) is 39.6. The first-order chi connectivity index (χ1) is 42.1. The van der Waals surface area contributed by atoms with Crippen molar-refractivity contribution in [1.29, 1.82) is 5.41 Å². The first-order valence-electron chi connectivity index (χ1n) is 33.9. The number of nitrogens with two attached hydrogens (primary N) is 1. The highest BCUT2D eigenvalue weighted by molar-refractivity contribution is 7.09. The van der Waals surface area contributed by atoms with Gasteiger partial charge in [-0.15, -0.1) is 22.7 Å². The van der Waals surface area contributed by atoms with Crippen molar-refractivity contribution in [3.05, 3.63) is 82.0 Å². The van der Waals surface area contributed by atoms with Gasteiger partial charge in [0.1, 0.15) is 37.0 Å². The highest BCUT2D eigenvalue weighted by atomic mass is 32.1. The third-order valence-electron chi connectivity index (χ3n) is 7.38. The van der Waals surface area contributed by atoms with Crippen molar-refractivity contribution in [2.24, 2.45) is 93.8 Å². The standard InChI is InChI=1S/2C7H11NS.4C6H11N3.C6H13N3.7C4H10/c1-6(2)3-7-4-9-5-8-7;1-6(2)3-7-4-8-5-9-7;1-6(2)3-9-5-7-4-8-9;2*1-5(2)3-6-7-4-8-9-6;1-5(2)3-6-4-7-9-8-6;1-5(2)3-6(4-7)9-8;7*1-4(2)3/h3*4-6H,3H2,1-2H3;3*4-5H,3H2,1-2H3,(H,7,8,9);4-5,7H,3,8H2,1-2H3;7*4H,1-3H3. The van der Waals surface area contributed by atoms with Gasteiger partial charge in [0.2, 0.25) is 0 Å². The van der Waals surface area contributed by atoms with Gasteiger partial charge in [0.15, 0.2) is 0 Å². The molecule has 6 heterocycles. The number of aromatic nitrogens is 14. The Hall–Kier alpha value is -5.04. The molecule has 0 saturated carbocycles. The Bertz CT molecular complexity index is 1780. The minimum Gasteiger partial charge on any atom is -0.323 e. The molecule has 6 aromatic heterocycles. The molecular weight excluding hydrogens is 1170 g/mol. The number of hydrazone groups is 1. The second-order valence-electron chi connectivity index (χ2n) is 29.8. The van der Waals surface area contributed by atoms with Crippen LogP contribution in [0.3, 0.4) is 0 Å². The number of thiazole rings is 2. The lowest BCUT2D eigenvalue weighted by Gasteiger charge is -2.01. The summed E-state index contributed by atoms with van der Waals surface area (Å²) in [5.74, 6) is 17.4. The molecule has 6 aromatic rings. The lowest BCUT2D eigenvalue weighted by molar-refractivity contribution is 0.482. The van der Waals surface area contributed by atoms with E-state index in [1.807, 2.05) is 21.9 Å². The normalized spacial score (nSPS) is 10.2. The second kappa shape index (κ2) is 72.4. The molecule has 0 atom stereocenters. The van der Waals surface area contributed by atoms with E-state index in [9.17, 15) is 0 Å². The largest absolute Gasteiger partial charge is 0.323 e. The van der Waals surface area contributed by atoms with E-state index >= 15 is 0 Å². The van der Waals surface area contributed by atoms with Crippen molar-refractivity contribution in [2.75, 3.05) is 0 Å². The zero-order valence-corrected chi connectivity index (χ0v) is 67.2. The monoisotopic (exact) mass is 1320 g/mol. The molecule has 17 nitrogen and oxygen atoms in total. The number of nitrogens with zero attached hydrogens (tertiary/aromatic N) is 12. The summed E-state index contributed by atoms with van der Waals surface area (Å²) in [6.07, 6.45) is 17.3. The van der Waals surface area contributed by atoms with Crippen LogP contribution in [0, 0.1) is 88.3 Å². The van der Waals surface area contributed by atoms with Crippen LogP contribution in [-0.2, 0) is 38.6 Å². The summed E-state index contributed by atoms with van der Waals surface area (Å²) in [5.41, 5.74) is 6.71. The smallest absolute Gasteiger partial charge is 0.137 e. The fourth-order valence-electron chi connectivity index (χ4n) is 4.94. The Morgan fingerprint density at radius 2 is 0.868 bits per heavy atom. The predicted molar refractivity (Wildman–Crippen MR) is 404 cm³/mol. The lowest BCUT2D eigenvalue weighted by Crippen LogP contribution is -2.06. The molecule has 0 fully saturated rings. The highest BCUT2D eigenvalue weighted by Gasteiger charge is 2.02. The van der Waals surface area contributed by atoms with Gasteiger partial charge in [0.05, 0.1) is 34.3 Å². The van der Waals surface area contributed by atoms with Crippen LogP contribution in [0.15, 0.2) is 59.2 Å². The van der Waals surface area contributed by atoms with E-state index in [0.29, 0.717) is 35.3 Å². The van der Waals surface area contributed by atoms with E-state index < -0.39 is 0 Å². The first kappa shape index (κ1) is 102. The number of nitrogens with one attached hydrogen (secondary N) is 4. The van der Waals surface area contributed by atoms with E-state index in [1.165, 1.54) is 35.9 Å². The van der Waals surface area contributed by atoms with Crippen molar-refractivity contribution in [1.82, 2.24) is 70.5 Å². The van der Waals surface area contributed by atoms with Crippen LogP contribution >= 0.6 is 22.7 Å². The second-order valence-corrected chi connectivity index (χ2v) is 31.5. The van der Waals surface area contributed by atoms with Crippen LogP contribution in [0.2, 0.25) is 0 Å². The van der Waals surface area contributed by atoms with Crippen LogP contribution < -0.4 is 5.84 Å². The highest BCUT2D eigenvalue weighted by Crippen LogP contribution is 2.11. The van der Waals surface area contributed by atoms with Gasteiger partial charge in [-0.1, -0.05) is 242 Å². The Labute approximate surface area is 570 Å². The molecule has 91 heavy (non-hydrogen) atoms. The van der Waals surface area contributed by atoms with Gasteiger partial charge in [-0.05, 0) is 109 Å². The minimum atomic E-state index is 0.522. The van der Waals surface area contributed by atoms with Crippen molar-refractivity contribution in [2.45, 2.75) is 287 Å². The lowest BCUT2D eigenvalue weighted by atomic mass is 10.1. The molecule has 6 N–H and O–H groups in total. The molecule has 0 unspecified atom stereocenters. The summed E-state index contributed by atoms with van der Waals surface area (Å²) in [6, 6.07) is 0. The molecular formula is C72H149N17S2. The summed E-state index contributed by atoms with van der Waals surface area (Å²) in [7, 11) is 0. The Balaban J connectivity index is -0.000000138. The molecule has 19 heteroatoms. The quantitative estimate of drug-likeness (QED) is 0.0368. The fourth-order valence-corrected chi connectivity index (χ4v) is 6.32. The van der Waals surface area contributed by atoms with Crippen molar-refractivity contribution in [3.63, 3.8) is 0 Å². The number of rotatable bonds is 15. The van der Waals surface area contributed by atoms with Crippen molar-refractivity contribution < 1.29 is 0 Å². The van der Waals surface area contributed by atoms with Gasteiger partial charge in [-0.25, -0.2) is 19.9 Å². The number of H-pyrrole nitrogens is 3. The molecule has 534 valence electrons. The zero-order chi connectivity index (χ0) is 72.5. The summed E-state index contributed by atoms with van der Waals surface area (Å²) in [4.78, 5) is 21.4. The molecule has 0 radical (unpaired) electrons.